The van der Waals surface area contributed by atoms with Crippen molar-refractivity contribution in [1.82, 2.24) is 0 Å². The molecule has 1 saturated carbocycles. The predicted molar refractivity (Wildman–Crippen MR) is 115 cm³/mol. The second-order valence-electron chi connectivity index (χ2n) is 10.6. The highest BCUT2D eigenvalue weighted by molar-refractivity contribution is 5.96. The van der Waals surface area contributed by atoms with Gasteiger partial charge in [0.1, 0.15) is 11.7 Å². The minimum absolute atomic E-state index is 0.00200. The molecule has 5 aliphatic carbocycles. The van der Waals surface area contributed by atoms with E-state index in [1.165, 1.54) is 0 Å². The monoisotopic (exact) mass is 424 g/mol. The number of ether oxygens (including phenoxy) is 1. The highest BCUT2D eigenvalue weighted by atomic mass is 16.5. The lowest BCUT2D eigenvalue weighted by Crippen LogP contribution is -2.51. The summed E-state index contributed by atoms with van der Waals surface area (Å²) < 4.78 is 5.54. The third-order valence-electron chi connectivity index (χ3n) is 9.13. The lowest BCUT2D eigenvalue weighted by Gasteiger charge is -2.53. The molecule has 0 amide bonds. The van der Waals surface area contributed by atoms with Crippen LogP contribution in [0.5, 0.6) is 0 Å². The van der Waals surface area contributed by atoms with Gasteiger partial charge in [-0.1, -0.05) is 32.4 Å². The molecular formula is C26H32O5. The van der Waals surface area contributed by atoms with Gasteiger partial charge in [-0.05, 0) is 66.7 Å². The number of aliphatic hydroxyl groups is 1. The van der Waals surface area contributed by atoms with E-state index in [9.17, 15) is 19.5 Å². The third-order valence-corrected chi connectivity index (χ3v) is 9.13. The number of allylic oxidation sites excluding steroid dienone is 4. The van der Waals surface area contributed by atoms with Crippen molar-refractivity contribution >= 4 is 17.5 Å². The zero-order valence-corrected chi connectivity index (χ0v) is 18.8. The minimum Gasteiger partial charge on any atom is -0.465 e. The van der Waals surface area contributed by atoms with Crippen molar-refractivity contribution < 1.29 is 24.2 Å². The van der Waals surface area contributed by atoms with Crippen molar-refractivity contribution in [3.05, 3.63) is 34.4 Å². The topological polar surface area (TPSA) is 80.7 Å². The van der Waals surface area contributed by atoms with E-state index in [1.807, 2.05) is 6.92 Å². The van der Waals surface area contributed by atoms with Crippen molar-refractivity contribution in [2.75, 3.05) is 6.61 Å². The first-order chi connectivity index (χ1) is 14.7. The Morgan fingerprint density at radius 2 is 1.94 bits per heavy atom. The number of ketones is 2. The Kier molecular flexibility index (Phi) is 4.54. The molecule has 0 aromatic carbocycles. The van der Waals surface area contributed by atoms with Gasteiger partial charge >= 0.3 is 5.97 Å². The molecule has 2 unspecified atom stereocenters. The average Bonchev–Trinajstić information content (AvgIpc) is 3.18. The first-order valence-electron chi connectivity index (χ1n) is 11.8. The molecule has 1 fully saturated rings. The molecule has 0 saturated heterocycles. The van der Waals surface area contributed by atoms with Crippen LogP contribution in [0.4, 0.5) is 0 Å². The molecule has 5 rings (SSSR count). The van der Waals surface area contributed by atoms with Crippen LogP contribution in [0.25, 0.3) is 0 Å². The number of carbonyl (C=O) groups excluding carboxylic acids is 3. The molecule has 166 valence electrons. The summed E-state index contributed by atoms with van der Waals surface area (Å²) in [6.45, 7) is 6.54. The van der Waals surface area contributed by atoms with Crippen LogP contribution < -0.4 is 0 Å². The highest BCUT2D eigenvalue weighted by Crippen LogP contribution is 2.70. The van der Waals surface area contributed by atoms with E-state index in [4.69, 9.17) is 4.74 Å². The summed E-state index contributed by atoms with van der Waals surface area (Å²) in [6.07, 6.45) is 8.18. The van der Waals surface area contributed by atoms with Crippen LogP contribution in [0, 0.1) is 22.2 Å². The number of Topliss-reactive ketones (excluding diaryl/α,β-unsaturated/α-hetero) is 1. The Bertz CT molecular complexity index is 984. The Morgan fingerprint density at radius 1 is 1.16 bits per heavy atom. The molecule has 0 aliphatic heterocycles. The van der Waals surface area contributed by atoms with E-state index in [2.05, 4.69) is 19.9 Å². The van der Waals surface area contributed by atoms with Crippen LogP contribution in [0.2, 0.25) is 0 Å². The van der Waals surface area contributed by atoms with Gasteiger partial charge in [0.15, 0.2) is 5.78 Å². The predicted octanol–water partition coefficient (Wildman–Crippen LogP) is 4.00. The van der Waals surface area contributed by atoms with Crippen LogP contribution in [0.15, 0.2) is 34.4 Å². The fraction of sp³-hybridized carbons (Fsp3) is 0.654. The van der Waals surface area contributed by atoms with E-state index >= 15 is 0 Å². The molecule has 1 N–H and O–H groups in total. The smallest absolute Gasteiger partial charge is 0.316 e. The SMILES string of the molecule is CCCOC(=O)[C@H]1C2=C(CCC34C(=O)CC[C@]3(C)CC=C24)C2(C)CCC(=O)C=C2[C@H]1O. The van der Waals surface area contributed by atoms with Gasteiger partial charge in [0, 0.05) is 18.3 Å². The zero-order chi connectivity index (χ0) is 22.2. The van der Waals surface area contributed by atoms with E-state index in [0.717, 1.165) is 42.4 Å². The molecule has 0 bridgehead atoms. The van der Waals surface area contributed by atoms with Crippen LogP contribution in [0.3, 0.4) is 0 Å². The molecule has 31 heavy (non-hydrogen) atoms. The molecule has 0 radical (unpaired) electrons. The largest absolute Gasteiger partial charge is 0.465 e. The summed E-state index contributed by atoms with van der Waals surface area (Å²) in [5, 5.41) is 11.5. The molecule has 0 aromatic rings. The average molecular weight is 425 g/mol. The second-order valence-corrected chi connectivity index (χ2v) is 10.6. The Morgan fingerprint density at radius 3 is 2.68 bits per heavy atom. The Balaban J connectivity index is 1.73. The lowest BCUT2D eigenvalue weighted by atomic mass is 9.50. The van der Waals surface area contributed by atoms with Gasteiger partial charge in [-0.3, -0.25) is 14.4 Å². The molecular weight excluding hydrogens is 392 g/mol. The molecule has 1 spiro atoms. The number of hydrogen-bond acceptors (Lipinski definition) is 5. The standard InChI is InChI=1S/C26H32O5/c1-4-13-31-23(30)21-20-16(25(3)11-5-15(27)14-18(25)22(21)29)7-12-26-17(20)6-9-24(26,2)10-8-19(26)28/h6,14,21-22,29H,4-5,7-13H2,1-3H3/t21-,22+,24-,25?,26?/m0/s1. The zero-order valence-electron chi connectivity index (χ0n) is 18.8. The first kappa shape index (κ1) is 20.9. The van der Waals surface area contributed by atoms with Crippen molar-refractivity contribution in [3.8, 4) is 0 Å². The number of hydrogen-bond donors (Lipinski definition) is 1. The summed E-state index contributed by atoms with van der Waals surface area (Å²) in [7, 11) is 0. The Labute approximate surface area is 183 Å². The molecule has 5 atom stereocenters. The maximum Gasteiger partial charge on any atom is 0.316 e. The van der Waals surface area contributed by atoms with Crippen molar-refractivity contribution in [1.29, 1.82) is 0 Å². The number of carbonyl (C=O) groups is 3. The summed E-state index contributed by atoms with van der Waals surface area (Å²) >= 11 is 0. The summed E-state index contributed by atoms with van der Waals surface area (Å²) in [5.41, 5.74) is 2.51. The minimum atomic E-state index is -1.10. The quantitative estimate of drug-likeness (QED) is 0.693. The summed E-state index contributed by atoms with van der Waals surface area (Å²) in [4.78, 5) is 38.9. The number of esters is 1. The van der Waals surface area contributed by atoms with Crippen molar-refractivity contribution in [3.63, 3.8) is 0 Å². The molecule has 0 aromatic heterocycles. The second kappa shape index (κ2) is 6.74. The lowest BCUT2D eigenvalue weighted by molar-refractivity contribution is -0.151. The molecule has 5 aliphatic rings. The highest BCUT2D eigenvalue weighted by Gasteiger charge is 2.66. The number of aliphatic hydroxyl groups excluding tert-OH is 1. The van der Waals surface area contributed by atoms with E-state index in [1.54, 1.807) is 6.08 Å². The molecule has 5 heteroatoms. The fourth-order valence-electron chi connectivity index (χ4n) is 7.40. The Hall–Kier alpha value is -2.01. The van der Waals surface area contributed by atoms with Crippen LogP contribution >= 0.6 is 0 Å². The maximum atomic E-state index is 13.3. The maximum absolute atomic E-state index is 13.3. The van der Waals surface area contributed by atoms with Gasteiger partial charge in [0.25, 0.3) is 0 Å². The molecule has 0 heterocycles. The summed E-state index contributed by atoms with van der Waals surface area (Å²) in [5.74, 6) is -1.03. The number of rotatable bonds is 3. The first-order valence-corrected chi connectivity index (χ1v) is 11.8. The van der Waals surface area contributed by atoms with E-state index < -0.39 is 28.8 Å². The van der Waals surface area contributed by atoms with Gasteiger partial charge in [0.2, 0.25) is 0 Å². The van der Waals surface area contributed by atoms with Crippen molar-refractivity contribution in [2.45, 2.75) is 78.2 Å². The van der Waals surface area contributed by atoms with E-state index in [-0.39, 0.29) is 17.0 Å². The van der Waals surface area contributed by atoms with E-state index in [0.29, 0.717) is 37.9 Å². The normalized spacial score (nSPS) is 41.2. The van der Waals surface area contributed by atoms with Gasteiger partial charge < -0.3 is 9.84 Å². The summed E-state index contributed by atoms with van der Waals surface area (Å²) in [6, 6.07) is 0. The van der Waals surface area contributed by atoms with Gasteiger partial charge in [-0.15, -0.1) is 0 Å². The van der Waals surface area contributed by atoms with Crippen LogP contribution in [-0.2, 0) is 19.1 Å². The van der Waals surface area contributed by atoms with Gasteiger partial charge in [0.05, 0.1) is 18.1 Å². The van der Waals surface area contributed by atoms with Crippen LogP contribution in [0.1, 0.15) is 72.1 Å². The number of fused-ring (bicyclic) bond motifs is 3. The van der Waals surface area contributed by atoms with Gasteiger partial charge in [-0.2, -0.15) is 0 Å². The molecule has 5 nitrogen and oxygen atoms in total. The van der Waals surface area contributed by atoms with Crippen molar-refractivity contribution in [2.24, 2.45) is 22.2 Å². The van der Waals surface area contributed by atoms with Gasteiger partial charge in [-0.25, -0.2) is 0 Å². The van der Waals surface area contributed by atoms with Crippen LogP contribution in [-0.4, -0.2) is 35.4 Å². The fourth-order valence-corrected chi connectivity index (χ4v) is 7.40. The third kappa shape index (κ3) is 2.50.